The lowest BCUT2D eigenvalue weighted by Gasteiger charge is -2.34. The maximum absolute atomic E-state index is 12.4. The quantitative estimate of drug-likeness (QED) is 0.613. The van der Waals surface area contributed by atoms with Gasteiger partial charge in [0.2, 0.25) is 0 Å². The Balaban J connectivity index is 1.24. The molecule has 2 heterocycles. The molecule has 1 saturated heterocycles. The third-order valence-electron chi connectivity index (χ3n) is 5.87. The van der Waals surface area contributed by atoms with E-state index in [2.05, 4.69) is 40.2 Å². The molecule has 1 fully saturated rings. The Morgan fingerprint density at radius 1 is 1.10 bits per heavy atom. The topological polar surface area (TPSA) is 51.7 Å². The molecule has 0 saturated carbocycles. The number of nitrogens with zero attached hydrogens (tertiary/aromatic N) is 4. The van der Waals surface area contributed by atoms with E-state index in [1.54, 1.807) is 11.3 Å². The van der Waals surface area contributed by atoms with Gasteiger partial charge >= 0.3 is 0 Å². The number of carbonyl (C=O) groups excluding carboxylic acids is 1. The van der Waals surface area contributed by atoms with Crippen LogP contribution in [0.15, 0.2) is 42.5 Å². The van der Waals surface area contributed by atoms with Crippen LogP contribution in [0, 0.1) is 0 Å². The molecule has 0 aliphatic carbocycles. The van der Waals surface area contributed by atoms with Crippen LogP contribution in [0.1, 0.15) is 22.8 Å². The number of benzene rings is 2. The zero-order valence-electron chi connectivity index (χ0n) is 18.6. The van der Waals surface area contributed by atoms with Gasteiger partial charge in [-0.1, -0.05) is 30.4 Å². The third kappa shape index (κ3) is 4.99. The first-order valence-corrected chi connectivity index (χ1v) is 11.8. The number of fused-ring (bicyclic) bond motifs is 1. The molecular formula is C24H31N5OS. The van der Waals surface area contributed by atoms with Crippen molar-refractivity contribution in [3.8, 4) is 0 Å². The maximum Gasteiger partial charge on any atom is 0.251 e. The van der Waals surface area contributed by atoms with Crippen LogP contribution < -0.4 is 15.1 Å². The van der Waals surface area contributed by atoms with Crippen LogP contribution >= 0.6 is 11.3 Å². The SMILES string of the molecule is CCc1cccc2sc(N3CCN(CCNC(=O)c4ccc(N(C)C)cc4)CC3)nc12. The predicted octanol–water partition coefficient (Wildman–Crippen LogP) is 3.48. The number of hydrogen-bond donors (Lipinski definition) is 1. The molecule has 0 unspecified atom stereocenters. The van der Waals surface area contributed by atoms with Gasteiger partial charge in [0.1, 0.15) is 0 Å². The summed E-state index contributed by atoms with van der Waals surface area (Å²) in [4.78, 5) is 24.2. The zero-order chi connectivity index (χ0) is 21.8. The second kappa shape index (κ2) is 9.66. The Bertz CT molecular complexity index is 1020. The van der Waals surface area contributed by atoms with E-state index in [9.17, 15) is 4.79 Å². The van der Waals surface area contributed by atoms with Gasteiger partial charge in [-0.3, -0.25) is 9.69 Å². The van der Waals surface area contributed by atoms with Crippen molar-refractivity contribution in [2.24, 2.45) is 0 Å². The summed E-state index contributed by atoms with van der Waals surface area (Å²) < 4.78 is 1.28. The van der Waals surface area contributed by atoms with Crippen molar-refractivity contribution in [2.75, 3.05) is 63.2 Å². The van der Waals surface area contributed by atoms with E-state index >= 15 is 0 Å². The van der Waals surface area contributed by atoms with Gasteiger partial charge in [-0.25, -0.2) is 4.98 Å². The fourth-order valence-electron chi connectivity index (χ4n) is 3.92. The lowest BCUT2D eigenvalue weighted by atomic mass is 10.1. The molecule has 0 bridgehead atoms. The molecule has 1 aliphatic heterocycles. The summed E-state index contributed by atoms with van der Waals surface area (Å²) in [5.74, 6) is -0.00912. The van der Waals surface area contributed by atoms with Crippen molar-refractivity contribution >= 4 is 38.3 Å². The van der Waals surface area contributed by atoms with Crippen LogP contribution in [-0.2, 0) is 6.42 Å². The predicted molar refractivity (Wildman–Crippen MR) is 131 cm³/mol. The number of rotatable bonds is 7. The molecule has 31 heavy (non-hydrogen) atoms. The molecule has 0 atom stereocenters. The van der Waals surface area contributed by atoms with Crippen LogP contribution in [0.3, 0.4) is 0 Å². The highest BCUT2D eigenvalue weighted by atomic mass is 32.1. The molecule has 1 N–H and O–H groups in total. The first-order valence-electron chi connectivity index (χ1n) is 11.0. The van der Waals surface area contributed by atoms with Crippen LogP contribution in [0.2, 0.25) is 0 Å². The highest BCUT2D eigenvalue weighted by Crippen LogP contribution is 2.31. The fraction of sp³-hybridized carbons (Fsp3) is 0.417. The molecule has 1 amide bonds. The lowest BCUT2D eigenvalue weighted by molar-refractivity contribution is 0.0948. The van der Waals surface area contributed by atoms with Crippen molar-refractivity contribution in [3.05, 3.63) is 53.6 Å². The summed E-state index contributed by atoms with van der Waals surface area (Å²) in [6.07, 6.45) is 1.01. The minimum atomic E-state index is -0.00912. The summed E-state index contributed by atoms with van der Waals surface area (Å²) >= 11 is 1.79. The zero-order valence-corrected chi connectivity index (χ0v) is 19.4. The summed E-state index contributed by atoms with van der Waals surface area (Å²) in [6, 6.07) is 14.2. The van der Waals surface area contributed by atoms with Crippen LogP contribution in [-0.4, -0.2) is 69.2 Å². The highest BCUT2D eigenvalue weighted by molar-refractivity contribution is 7.22. The first-order chi connectivity index (χ1) is 15.0. The molecule has 6 nitrogen and oxygen atoms in total. The number of hydrogen-bond acceptors (Lipinski definition) is 6. The molecule has 0 radical (unpaired) electrons. The Kier molecular flexibility index (Phi) is 6.73. The van der Waals surface area contributed by atoms with Crippen molar-refractivity contribution in [2.45, 2.75) is 13.3 Å². The van der Waals surface area contributed by atoms with E-state index in [0.717, 1.165) is 55.5 Å². The van der Waals surface area contributed by atoms with Gasteiger partial charge in [0.15, 0.2) is 5.13 Å². The van der Waals surface area contributed by atoms with E-state index in [-0.39, 0.29) is 5.91 Å². The number of carbonyl (C=O) groups is 1. The van der Waals surface area contributed by atoms with E-state index in [1.807, 2.05) is 43.3 Å². The van der Waals surface area contributed by atoms with E-state index < -0.39 is 0 Å². The van der Waals surface area contributed by atoms with Gasteiger partial charge in [-0.15, -0.1) is 0 Å². The van der Waals surface area contributed by atoms with E-state index in [1.165, 1.54) is 10.3 Å². The van der Waals surface area contributed by atoms with Crippen molar-refractivity contribution in [3.63, 3.8) is 0 Å². The fourth-order valence-corrected chi connectivity index (χ4v) is 4.98. The summed E-state index contributed by atoms with van der Waals surface area (Å²) in [5, 5.41) is 4.18. The third-order valence-corrected chi connectivity index (χ3v) is 6.96. The van der Waals surface area contributed by atoms with Crippen molar-refractivity contribution in [1.82, 2.24) is 15.2 Å². The standard InChI is InChI=1S/C24H31N5OS/c1-4-18-6-5-7-21-22(18)26-24(31-21)29-16-14-28(15-17-29)13-12-25-23(30)19-8-10-20(11-9-19)27(2)3/h5-11H,4,12-17H2,1-3H3,(H,25,30). The summed E-state index contributed by atoms with van der Waals surface area (Å²) in [7, 11) is 3.99. The second-order valence-corrected chi connectivity index (χ2v) is 9.15. The number of anilines is 2. The number of para-hydroxylation sites is 1. The number of thiazole rings is 1. The van der Waals surface area contributed by atoms with Crippen LogP contribution in [0.5, 0.6) is 0 Å². The van der Waals surface area contributed by atoms with Gasteiger partial charge in [-0.05, 0) is 42.3 Å². The van der Waals surface area contributed by atoms with E-state index in [4.69, 9.17) is 4.98 Å². The molecule has 164 valence electrons. The minimum Gasteiger partial charge on any atom is -0.378 e. The normalized spacial score (nSPS) is 14.7. The van der Waals surface area contributed by atoms with E-state index in [0.29, 0.717) is 12.1 Å². The average Bonchev–Trinajstić information content (AvgIpc) is 3.24. The second-order valence-electron chi connectivity index (χ2n) is 8.14. The number of aromatic nitrogens is 1. The largest absolute Gasteiger partial charge is 0.378 e. The molecular weight excluding hydrogens is 406 g/mol. The van der Waals surface area contributed by atoms with Crippen molar-refractivity contribution < 1.29 is 4.79 Å². The minimum absolute atomic E-state index is 0.00912. The summed E-state index contributed by atoms with van der Waals surface area (Å²) in [5.41, 5.74) is 4.28. The van der Waals surface area contributed by atoms with Crippen LogP contribution in [0.25, 0.3) is 10.2 Å². The van der Waals surface area contributed by atoms with Gasteiger partial charge in [0, 0.05) is 64.6 Å². The molecule has 4 rings (SSSR count). The molecule has 0 spiro atoms. The Morgan fingerprint density at radius 2 is 1.84 bits per heavy atom. The van der Waals surface area contributed by atoms with Gasteiger partial charge in [-0.2, -0.15) is 0 Å². The highest BCUT2D eigenvalue weighted by Gasteiger charge is 2.20. The first kappa shape index (κ1) is 21.6. The smallest absolute Gasteiger partial charge is 0.251 e. The molecule has 1 aliphatic rings. The average molecular weight is 438 g/mol. The molecule has 3 aromatic rings. The number of piperazine rings is 1. The Hall–Kier alpha value is -2.64. The van der Waals surface area contributed by atoms with Gasteiger partial charge in [0.05, 0.1) is 10.2 Å². The summed E-state index contributed by atoms with van der Waals surface area (Å²) in [6.45, 7) is 7.64. The monoisotopic (exact) mass is 437 g/mol. The number of aryl methyl sites for hydroxylation is 1. The van der Waals surface area contributed by atoms with Gasteiger partial charge in [0.25, 0.3) is 5.91 Å². The molecule has 1 aromatic heterocycles. The Morgan fingerprint density at radius 3 is 2.52 bits per heavy atom. The number of amides is 1. The van der Waals surface area contributed by atoms with Crippen molar-refractivity contribution in [1.29, 1.82) is 0 Å². The number of nitrogens with one attached hydrogen (secondary N) is 1. The van der Waals surface area contributed by atoms with Gasteiger partial charge < -0.3 is 15.1 Å². The Labute approximate surface area is 188 Å². The van der Waals surface area contributed by atoms with Crippen LogP contribution in [0.4, 0.5) is 10.8 Å². The molecule has 7 heteroatoms. The maximum atomic E-state index is 12.4. The molecule has 2 aromatic carbocycles. The lowest BCUT2D eigenvalue weighted by Crippen LogP contribution is -2.48.